The molecule has 0 atom stereocenters. The summed E-state index contributed by atoms with van der Waals surface area (Å²) in [6, 6.07) is 7.48. The van der Waals surface area contributed by atoms with Crippen LogP contribution in [0.5, 0.6) is 5.75 Å². The van der Waals surface area contributed by atoms with Gasteiger partial charge in [0.05, 0.1) is 0 Å². The number of hydrogen-bond acceptors (Lipinski definition) is 3. The first-order chi connectivity index (χ1) is 8.56. The molecule has 0 aliphatic rings. The lowest BCUT2D eigenvalue weighted by molar-refractivity contribution is 0.302. The number of nitrogens with zero attached hydrogens (tertiary/aromatic N) is 1. The molecule has 0 aliphatic heterocycles. The van der Waals surface area contributed by atoms with Crippen molar-refractivity contribution < 1.29 is 4.74 Å². The molecular weight excluding hydrogens is 248 g/mol. The first-order valence-electron chi connectivity index (χ1n) is 5.66. The van der Waals surface area contributed by atoms with Crippen molar-refractivity contribution in [2.24, 2.45) is 0 Å². The summed E-state index contributed by atoms with van der Waals surface area (Å²) in [5.41, 5.74) is 8.68. The Morgan fingerprint density at radius 2 is 1.89 bits per heavy atom. The highest BCUT2D eigenvalue weighted by atomic mass is 35.5. The van der Waals surface area contributed by atoms with Gasteiger partial charge in [0.25, 0.3) is 0 Å². The lowest BCUT2D eigenvalue weighted by Crippen LogP contribution is -2.00. The van der Waals surface area contributed by atoms with Crippen molar-refractivity contribution in [3.05, 3.63) is 52.2 Å². The number of benzene rings is 1. The van der Waals surface area contributed by atoms with Gasteiger partial charge in [0.15, 0.2) is 0 Å². The highest BCUT2D eigenvalue weighted by Crippen LogP contribution is 2.27. The first kappa shape index (κ1) is 12.7. The minimum absolute atomic E-state index is 0.468. The second-order valence-corrected chi connectivity index (χ2v) is 4.68. The average Bonchev–Trinajstić information content (AvgIpc) is 2.27. The third kappa shape index (κ3) is 2.93. The number of halogens is 1. The van der Waals surface area contributed by atoms with E-state index in [9.17, 15) is 0 Å². The van der Waals surface area contributed by atoms with E-state index in [1.54, 1.807) is 12.3 Å². The minimum Gasteiger partial charge on any atom is -0.488 e. The SMILES string of the molecule is Cc1cc(Cl)cc(C)c1OCc1ccnc(N)c1. The molecule has 2 aromatic rings. The molecule has 1 aromatic carbocycles. The van der Waals surface area contributed by atoms with E-state index in [0.29, 0.717) is 12.4 Å². The lowest BCUT2D eigenvalue weighted by atomic mass is 10.1. The molecule has 0 bridgehead atoms. The Labute approximate surface area is 112 Å². The monoisotopic (exact) mass is 262 g/mol. The largest absolute Gasteiger partial charge is 0.488 e. The summed E-state index contributed by atoms with van der Waals surface area (Å²) in [5.74, 6) is 1.37. The third-order valence-corrected chi connectivity index (χ3v) is 2.87. The van der Waals surface area contributed by atoms with Gasteiger partial charge in [-0.1, -0.05) is 11.6 Å². The van der Waals surface area contributed by atoms with Gasteiger partial charge in [0.2, 0.25) is 0 Å². The molecule has 4 heteroatoms. The van der Waals surface area contributed by atoms with Crippen molar-refractivity contribution in [1.29, 1.82) is 0 Å². The number of ether oxygens (including phenoxy) is 1. The Morgan fingerprint density at radius 3 is 2.50 bits per heavy atom. The van der Waals surface area contributed by atoms with Gasteiger partial charge < -0.3 is 10.5 Å². The van der Waals surface area contributed by atoms with Crippen LogP contribution in [0.4, 0.5) is 5.82 Å². The molecule has 0 spiro atoms. The maximum Gasteiger partial charge on any atom is 0.125 e. The van der Waals surface area contributed by atoms with E-state index in [1.807, 2.05) is 32.0 Å². The van der Waals surface area contributed by atoms with Crippen LogP contribution in [0.3, 0.4) is 0 Å². The normalized spacial score (nSPS) is 10.4. The molecule has 2 N–H and O–H groups in total. The molecule has 0 saturated heterocycles. The summed E-state index contributed by atoms with van der Waals surface area (Å²) in [5, 5.41) is 0.727. The van der Waals surface area contributed by atoms with Crippen molar-refractivity contribution in [2.75, 3.05) is 5.73 Å². The number of nitrogen functional groups attached to an aromatic ring is 1. The molecule has 94 valence electrons. The topological polar surface area (TPSA) is 48.1 Å². The standard InChI is InChI=1S/C14H15ClN2O/c1-9-5-12(15)6-10(2)14(9)18-8-11-3-4-17-13(16)7-11/h3-7H,8H2,1-2H3,(H2,16,17). The van der Waals surface area contributed by atoms with E-state index in [1.165, 1.54) is 0 Å². The number of rotatable bonds is 3. The Balaban J connectivity index is 2.16. The molecule has 0 saturated carbocycles. The van der Waals surface area contributed by atoms with E-state index in [0.717, 1.165) is 27.5 Å². The zero-order valence-corrected chi connectivity index (χ0v) is 11.2. The molecule has 1 heterocycles. The van der Waals surface area contributed by atoms with Gasteiger partial charge in [0, 0.05) is 11.2 Å². The van der Waals surface area contributed by atoms with Crippen LogP contribution < -0.4 is 10.5 Å². The van der Waals surface area contributed by atoms with Crippen molar-refractivity contribution in [2.45, 2.75) is 20.5 Å². The fourth-order valence-electron chi connectivity index (χ4n) is 1.86. The van der Waals surface area contributed by atoms with Crippen LogP contribution in [0.15, 0.2) is 30.5 Å². The van der Waals surface area contributed by atoms with E-state index in [2.05, 4.69) is 4.98 Å². The first-order valence-corrected chi connectivity index (χ1v) is 6.04. The zero-order valence-electron chi connectivity index (χ0n) is 10.4. The van der Waals surface area contributed by atoms with Crippen molar-refractivity contribution in [3.63, 3.8) is 0 Å². The Morgan fingerprint density at radius 1 is 1.22 bits per heavy atom. The van der Waals surface area contributed by atoms with Crippen LogP contribution in [0.25, 0.3) is 0 Å². The molecule has 18 heavy (non-hydrogen) atoms. The molecule has 0 amide bonds. The van der Waals surface area contributed by atoms with Crippen molar-refractivity contribution >= 4 is 17.4 Å². The molecule has 0 aliphatic carbocycles. The molecule has 2 rings (SSSR count). The van der Waals surface area contributed by atoms with Crippen LogP contribution in [0, 0.1) is 13.8 Å². The summed E-state index contributed by atoms with van der Waals surface area (Å²) in [7, 11) is 0. The highest BCUT2D eigenvalue weighted by molar-refractivity contribution is 6.30. The summed E-state index contributed by atoms with van der Waals surface area (Å²) in [6.45, 7) is 4.43. The van der Waals surface area contributed by atoms with Crippen molar-refractivity contribution in [1.82, 2.24) is 4.98 Å². The Kier molecular flexibility index (Phi) is 3.72. The molecule has 0 unspecified atom stereocenters. The molecular formula is C14H15ClN2O. The second kappa shape index (κ2) is 5.27. The van der Waals surface area contributed by atoms with E-state index in [4.69, 9.17) is 22.1 Å². The fourth-order valence-corrected chi connectivity index (χ4v) is 2.19. The van der Waals surface area contributed by atoms with Crippen LogP contribution >= 0.6 is 11.6 Å². The number of anilines is 1. The van der Waals surface area contributed by atoms with E-state index >= 15 is 0 Å². The average molecular weight is 263 g/mol. The quantitative estimate of drug-likeness (QED) is 0.921. The number of pyridine rings is 1. The van der Waals surface area contributed by atoms with Gasteiger partial charge in [-0.05, 0) is 54.8 Å². The number of nitrogens with two attached hydrogens (primary N) is 1. The molecule has 1 aromatic heterocycles. The zero-order chi connectivity index (χ0) is 13.1. The maximum absolute atomic E-state index is 5.98. The van der Waals surface area contributed by atoms with E-state index in [-0.39, 0.29) is 0 Å². The summed E-state index contributed by atoms with van der Waals surface area (Å²) >= 11 is 5.98. The van der Waals surface area contributed by atoms with Crippen LogP contribution in [0.1, 0.15) is 16.7 Å². The van der Waals surface area contributed by atoms with E-state index < -0.39 is 0 Å². The maximum atomic E-state index is 5.98. The summed E-state index contributed by atoms with van der Waals surface area (Å²) in [4.78, 5) is 3.95. The van der Waals surface area contributed by atoms with Gasteiger partial charge in [-0.2, -0.15) is 0 Å². The Hall–Kier alpha value is -1.74. The van der Waals surface area contributed by atoms with Gasteiger partial charge in [0.1, 0.15) is 18.2 Å². The number of aromatic nitrogens is 1. The highest BCUT2D eigenvalue weighted by Gasteiger charge is 2.06. The third-order valence-electron chi connectivity index (χ3n) is 2.65. The van der Waals surface area contributed by atoms with Gasteiger partial charge in [-0.15, -0.1) is 0 Å². The minimum atomic E-state index is 0.468. The summed E-state index contributed by atoms with van der Waals surface area (Å²) in [6.07, 6.45) is 1.68. The predicted octanol–water partition coefficient (Wildman–Crippen LogP) is 3.51. The van der Waals surface area contributed by atoms with Crippen LogP contribution in [0.2, 0.25) is 5.02 Å². The van der Waals surface area contributed by atoms with Gasteiger partial charge >= 0.3 is 0 Å². The lowest BCUT2D eigenvalue weighted by Gasteiger charge is -2.12. The van der Waals surface area contributed by atoms with Gasteiger partial charge in [-0.3, -0.25) is 0 Å². The van der Waals surface area contributed by atoms with Gasteiger partial charge in [-0.25, -0.2) is 4.98 Å². The second-order valence-electron chi connectivity index (χ2n) is 4.25. The number of aryl methyl sites for hydroxylation is 2. The molecule has 0 fully saturated rings. The smallest absolute Gasteiger partial charge is 0.125 e. The molecule has 3 nitrogen and oxygen atoms in total. The summed E-state index contributed by atoms with van der Waals surface area (Å²) < 4.78 is 5.82. The van der Waals surface area contributed by atoms with Crippen LogP contribution in [-0.4, -0.2) is 4.98 Å². The Bertz CT molecular complexity index is 546. The van der Waals surface area contributed by atoms with Crippen molar-refractivity contribution in [3.8, 4) is 5.75 Å². The predicted molar refractivity (Wildman–Crippen MR) is 73.9 cm³/mol. The molecule has 0 radical (unpaired) electrons. The fraction of sp³-hybridized carbons (Fsp3) is 0.214. The van der Waals surface area contributed by atoms with Crippen LogP contribution in [-0.2, 0) is 6.61 Å². The number of hydrogen-bond donors (Lipinski definition) is 1.